The van der Waals surface area contributed by atoms with E-state index in [0.717, 1.165) is 0 Å². The summed E-state index contributed by atoms with van der Waals surface area (Å²) in [5.41, 5.74) is 2.36. The monoisotopic (exact) mass is 182 g/mol. The summed E-state index contributed by atoms with van der Waals surface area (Å²) in [7, 11) is -0.949. The van der Waals surface area contributed by atoms with Gasteiger partial charge in [0.2, 0.25) is 0 Å². The smallest absolute Gasteiger partial charge is 0.0767 e. The lowest BCUT2D eigenvalue weighted by atomic mass is 10.2. The van der Waals surface area contributed by atoms with Gasteiger partial charge in [-0.3, -0.25) is 0 Å². The van der Waals surface area contributed by atoms with Crippen LogP contribution in [0.5, 0.6) is 0 Å². The third-order valence-corrected chi connectivity index (χ3v) is 8.46. The van der Waals surface area contributed by atoms with Crippen molar-refractivity contribution in [2.45, 2.75) is 57.2 Å². The maximum absolute atomic E-state index is 4.06. The van der Waals surface area contributed by atoms with Crippen LogP contribution in [0.2, 0.25) is 18.1 Å². The first kappa shape index (κ1) is 10.0. The normalized spacial score (nSPS) is 24.1. The maximum Gasteiger partial charge on any atom is 0.0767 e. The van der Waals surface area contributed by atoms with Crippen LogP contribution in [0.15, 0.2) is 12.3 Å². The van der Waals surface area contributed by atoms with Gasteiger partial charge in [0, 0.05) is 0 Å². The molecule has 1 saturated heterocycles. The van der Waals surface area contributed by atoms with Crippen LogP contribution in [0.1, 0.15) is 39.0 Å². The van der Waals surface area contributed by atoms with Gasteiger partial charge in [-0.15, -0.1) is 12.3 Å². The van der Waals surface area contributed by atoms with E-state index in [0.29, 0.717) is 0 Å². The fourth-order valence-electron chi connectivity index (χ4n) is 2.31. The minimum Gasteiger partial charge on any atom is -0.107 e. The highest BCUT2D eigenvalue weighted by Crippen LogP contribution is 2.30. The topological polar surface area (TPSA) is 0 Å². The predicted octanol–water partition coefficient (Wildman–Crippen LogP) is 4.14. The summed E-state index contributed by atoms with van der Waals surface area (Å²) in [5, 5.41) is 0. The highest BCUT2D eigenvalue weighted by atomic mass is 28.3. The Labute approximate surface area is 78.1 Å². The SMILES string of the molecule is C=C[Si]1(CC)CCCCCCC1. The molecule has 0 nitrogen and oxygen atoms in total. The van der Waals surface area contributed by atoms with Gasteiger partial charge in [-0.25, -0.2) is 0 Å². The zero-order chi connectivity index (χ0) is 8.86. The molecule has 0 aromatic rings. The molecule has 12 heavy (non-hydrogen) atoms. The Hall–Kier alpha value is -0.0431. The van der Waals surface area contributed by atoms with Crippen molar-refractivity contribution >= 4 is 8.07 Å². The zero-order valence-electron chi connectivity index (χ0n) is 8.44. The minimum absolute atomic E-state index is 0.949. The first-order valence-corrected chi connectivity index (χ1v) is 8.16. The third-order valence-electron chi connectivity index (χ3n) is 3.49. The molecule has 1 rings (SSSR count). The Morgan fingerprint density at radius 1 is 1.08 bits per heavy atom. The van der Waals surface area contributed by atoms with E-state index in [1.54, 1.807) is 0 Å². The second kappa shape index (κ2) is 4.86. The second-order valence-electron chi connectivity index (χ2n) is 4.19. The summed E-state index contributed by atoms with van der Waals surface area (Å²) >= 11 is 0. The average molecular weight is 182 g/mol. The molecule has 1 heteroatoms. The third kappa shape index (κ3) is 2.48. The molecule has 0 amide bonds. The highest BCUT2D eigenvalue weighted by Gasteiger charge is 2.26. The van der Waals surface area contributed by atoms with Gasteiger partial charge in [-0.1, -0.05) is 57.2 Å². The summed E-state index contributed by atoms with van der Waals surface area (Å²) in [4.78, 5) is 0. The van der Waals surface area contributed by atoms with E-state index in [1.807, 2.05) is 0 Å². The van der Waals surface area contributed by atoms with Gasteiger partial charge in [0.25, 0.3) is 0 Å². The van der Waals surface area contributed by atoms with E-state index in [4.69, 9.17) is 0 Å². The quantitative estimate of drug-likeness (QED) is 0.563. The first-order valence-electron chi connectivity index (χ1n) is 5.46. The lowest BCUT2D eigenvalue weighted by molar-refractivity contribution is 0.630. The molecule has 0 saturated carbocycles. The molecule has 1 heterocycles. The van der Waals surface area contributed by atoms with Crippen molar-refractivity contribution in [2.75, 3.05) is 0 Å². The molecule has 0 aromatic heterocycles. The number of rotatable bonds is 2. The summed E-state index contributed by atoms with van der Waals surface area (Å²) in [6, 6.07) is 4.47. The van der Waals surface area contributed by atoms with Gasteiger partial charge in [-0.05, 0) is 0 Å². The van der Waals surface area contributed by atoms with Gasteiger partial charge in [0.15, 0.2) is 0 Å². The average Bonchev–Trinajstić information content (AvgIpc) is 2.06. The van der Waals surface area contributed by atoms with Crippen LogP contribution >= 0.6 is 0 Å². The second-order valence-corrected chi connectivity index (χ2v) is 9.03. The van der Waals surface area contributed by atoms with Crippen LogP contribution in [0.25, 0.3) is 0 Å². The van der Waals surface area contributed by atoms with Gasteiger partial charge in [-0.2, -0.15) is 0 Å². The van der Waals surface area contributed by atoms with Crippen LogP contribution in [-0.4, -0.2) is 8.07 Å². The van der Waals surface area contributed by atoms with Crippen molar-refractivity contribution in [3.8, 4) is 0 Å². The van der Waals surface area contributed by atoms with Crippen molar-refractivity contribution < 1.29 is 0 Å². The van der Waals surface area contributed by atoms with Gasteiger partial charge < -0.3 is 0 Å². The molecule has 1 aliphatic rings. The van der Waals surface area contributed by atoms with Crippen LogP contribution in [-0.2, 0) is 0 Å². The molecular weight excluding hydrogens is 160 g/mol. The van der Waals surface area contributed by atoms with E-state index >= 15 is 0 Å². The number of hydrogen-bond donors (Lipinski definition) is 0. The first-order chi connectivity index (χ1) is 5.83. The van der Waals surface area contributed by atoms with Gasteiger partial charge in [0.1, 0.15) is 0 Å². The van der Waals surface area contributed by atoms with Crippen molar-refractivity contribution in [1.29, 1.82) is 0 Å². The molecule has 1 fully saturated rings. The van der Waals surface area contributed by atoms with Crippen molar-refractivity contribution in [3.63, 3.8) is 0 Å². The summed E-state index contributed by atoms with van der Waals surface area (Å²) in [6.45, 7) is 6.43. The highest BCUT2D eigenvalue weighted by molar-refractivity contribution is 6.84. The summed E-state index contributed by atoms with van der Waals surface area (Å²) < 4.78 is 0. The lowest BCUT2D eigenvalue weighted by Crippen LogP contribution is -2.31. The standard InChI is InChI=1S/C11H22Si/c1-3-12(4-2)10-8-6-5-7-9-11-12/h3H,1,4-11H2,2H3. The molecule has 0 bridgehead atoms. The molecular formula is C11H22Si. The van der Waals surface area contributed by atoms with Gasteiger partial charge >= 0.3 is 0 Å². The van der Waals surface area contributed by atoms with E-state index in [2.05, 4.69) is 19.2 Å². The molecule has 0 N–H and O–H groups in total. The van der Waals surface area contributed by atoms with Crippen LogP contribution in [0.4, 0.5) is 0 Å². The Morgan fingerprint density at radius 3 is 2.00 bits per heavy atom. The molecule has 70 valence electrons. The van der Waals surface area contributed by atoms with Crippen LogP contribution in [0, 0.1) is 0 Å². The Balaban J connectivity index is 2.51. The molecule has 0 aliphatic carbocycles. The Kier molecular flexibility index (Phi) is 4.06. The van der Waals surface area contributed by atoms with Crippen molar-refractivity contribution in [1.82, 2.24) is 0 Å². The molecule has 0 spiro atoms. The fraction of sp³-hybridized carbons (Fsp3) is 0.818. The van der Waals surface area contributed by atoms with Crippen LogP contribution in [0.3, 0.4) is 0 Å². The zero-order valence-corrected chi connectivity index (χ0v) is 9.44. The van der Waals surface area contributed by atoms with E-state index < -0.39 is 8.07 Å². The summed E-state index contributed by atoms with van der Waals surface area (Å²) in [5.74, 6) is 0. The summed E-state index contributed by atoms with van der Waals surface area (Å²) in [6.07, 6.45) is 7.38. The lowest BCUT2D eigenvalue weighted by Gasteiger charge is -2.28. The maximum atomic E-state index is 4.06. The fourth-order valence-corrected chi connectivity index (χ4v) is 5.87. The largest absolute Gasteiger partial charge is 0.107 e. The van der Waals surface area contributed by atoms with Crippen molar-refractivity contribution in [3.05, 3.63) is 12.3 Å². The van der Waals surface area contributed by atoms with Gasteiger partial charge in [0.05, 0.1) is 8.07 Å². The minimum atomic E-state index is -0.949. The Morgan fingerprint density at radius 2 is 1.58 bits per heavy atom. The molecule has 0 aromatic carbocycles. The van der Waals surface area contributed by atoms with Crippen LogP contribution < -0.4 is 0 Å². The molecule has 1 aliphatic heterocycles. The predicted molar refractivity (Wildman–Crippen MR) is 59.1 cm³/mol. The van der Waals surface area contributed by atoms with Crippen molar-refractivity contribution in [2.24, 2.45) is 0 Å². The molecule has 0 atom stereocenters. The van der Waals surface area contributed by atoms with E-state index in [-0.39, 0.29) is 0 Å². The van der Waals surface area contributed by atoms with E-state index in [9.17, 15) is 0 Å². The Bertz CT molecular complexity index is 132. The molecule has 0 radical (unpaired) electrons. The number of hydrogen-bond acceptors (Lipinski definition) is 0. The van der Waals surface area contributed by atoms with E-state index in [1.165, 1.54) is 50.2 Å². The molecule has 0 unspecified atom stereocenters.